The molecule has 0 radical (unpaired) electrons. The van der Waals surface area contributed by atoms with Crippen LogP contribution in [-0.2, 0) is 11.4 Å². The zero-order chi connectivity index (χ0) is 33.9. The molecule has 0 saturated carbocycles. The minimum absolute atomic E-state index is 0.0118. The van der Waals surface area contributed by atoms with E-state index in [2.05, 4.69) is 10.8 Å². The summed E-state index contributed by atoms with van der Waals surface area (Å²) in [7, 11) is 0. The second-order valence-electron chi connectivity index (χ2n) is 9.81. The Bertz CT molecular complexity index is 1790. The number of nitrogens with one attached hydrogen (secondary N) is 2. The van der Waals surface area contributed by atoms with Crippen LogP contribution in [0.4, 0.5) is 11.4 Å². The molecule has 4 aromatic rings. The highest BCUT2D eigenvalue weighted by Crippen LogP contribution is 2.22. The molecule has 4 rings (SSSR count). The summed E-state index contributed by atoms with van der Waals surface area (Å²) in [6.45, 7) is 0.720. The number of aromatic carboxylic acids is 4. The molecule has 0 unspecified atom stereocenters. The highest BCUT2D eigenvalue weighted by atomic mass is 16.6. The van der Waals surface area contributed by atoms with Gasteiger partial charge in [-0.15, -0.1) is 0 Å². The Morgan fingerprint density at radius 3 is 1.53 bits per heavy atom. The van der Waals surface area contributed by atoms with E-state index in [1.807, 2.05) is 0 Å². The van der Waals surface area contributed by atoms with E-state index in [0.29, 0.717) is 31.1 Å². The van der Waals surface area contributed by atoms with Crippen LogP contribution >= 0.6 is 0 Å². The summed E-state index contributed by atoms with van der Waals surface area (Å²) < 4.78 is 11.4. The maximum absolute atomic E-state index is 12.7. The van der Waals surface area contributed by atoms with Gasteiger partial charge in [0, 0.05) is 12.0 Å². The molecule has 6 N–H and O–H groups in total. The number of anilines is 2. The molecule has 0 heterocycles. The van der Waals surface area contributed by atoms with E-state index < -0.39 is 29.8 Å². The quantitative estimate of drug-likeness (QED) is 0.0690. The number of hydrogen-bond donors (Lipinski definition) is 6. The molecule has 0 bridgehead atoms. The SMILES string of the molecule is O=C(O)c1ccc(C(=O)O)c(NOCc2ccc(OCCCOc3ccc(C(=O)Nc4cc(C(=O)O)ccc4C(=O)O)cc3)cc2)c1. The summed E-state index contributed by atoms with van der Waals surface area (Å²) in [6, 6.07) is 20.0. The fraction of sp³-hybridized carbons (Fsp3) is 0.121. The van der Waals surface area contributed by atoms with Crippen molar-refractivity contribution in [3.63, 3.8) is 0 Å². The minimum atomic E-state index is -1.32. The Balaban J connectivity index is 1.19. The Labute approximate surface area is 266 Å². The van der Waals surface area contributed by atoms with E-state index >= 15 is 0 Å². The summed E-state index contributed by atoms with van der Waals surface area (Å²) in [5, 5.41) is 39.4. The van der Waals surface area contributed by atoms with Crippen molar-refractivity contribution in [1.29, 1.82) is 0 Å². The van der Waals surface area contributed by atoms with Crippen molar-refractivity contribution in [2.45, 2.75) is 13.0 Å². The number of carboxylic acids is 4. The van der Waals surface area contributed by atoms with E-state index in [4.69, 9.17) is 19.4 Å². The number of carbonyl (C=O) groups is 5. The third kappa shape index (κ3) is 9.29. The van der Waals surface area contributed by atoms with Crippen molar-refractivity contribution in [3.8, 4) is 11.5 Å². The summed E-state index contributed by atoms with van der Waals surface area (Å²) in [5.74, 6) is -4.55. The van der Waals surface area contributed by atoms with E-state index in [1.165, 1.54) is 30.3 Å². The molecule has 0 aromatic heterocycles. The van der Waals surface area contributed by atoms with Gasteiger partial charge in [0.2, 0.25) is 0 Å². The molecule has 14 heteroatoms. The van der Waals surface area contributed by atoms with Crippen molar-refractivity contribution in [2.24, 2.45) is 0 Å². The molecule has 0 aliphatic heterocycles. The predicted molar refractivity (Wildman–Crippen MR) is 166 cm³/mol. The highest BCUT2D eigenvalue weighted by molar-refractivity contribution is 6.08. The molecule has 0 atom stereocenters. The molecule has 0 saturated heterocycles. The maximum atomic E-state index is 12.7. The van der Waals surface area contributed by atoms with Crippen molar-refractivity contribution < 1.29 is 58.7 Å². The number of amides is 1. The van der Waals surface area contributed by atoms with E-state index in [9.17, 15) is 39.3 Å². The van der Waals surface area contributed by atoms with Gasteiger partial charge in [0.15, 0.2) is 0 Å². The third-order valence-corrected chi connectivity index (χ3v) is 6.53. The lowest BCUT2D eigenvalue weighted by atomic mass is 10.1. The number of benzene rings is 4. The van der Waals surface area contributed by atoms with Crippen LogP contribution < -0.4 is 20.3 Å². The highest BCUT2D eigenvalue weighted by Gasteiger charge is 2.17. The first-order chi connectivity index (χ1) is 22.5. The minimum Gasteiger partial charge on any atom is -0.493 e. The third-order valence-electron chi connectivity index (χ3n) is 6.53. The molecule has 1 amide bonds. The van der Waals surface area contributed by atoms with Crippen LogP contribution in [0.3, 0.4) is 0 Å². The summed E-state index contributed by atoms with van der Waals surface area (Å²) in [6.07, 6.45) is 0.538. The van der Waals surface area contributed by atoms with Gasteiger partial charge in [-0.3, -0.25) is 15.1 Å². The molecule has 4 aromatic carbocycles. The second-order valence-corrected chi connectivity index (χ2v) is 9.81. The number of carbonyl (C=O) groups excluding carboxylic acids is 1. The predicted octanol–water partition coefficient (Wildman–Crippen LogP) is 5.12. The van der Waals surface area contributed by atoms with E-state index in [1.54, 1.807) is 36.4 Å². The Morgan fingerprint density at radius 1 is 0.553 bits per heavy atom. The molecule has 14 nitrogen and oxygen atoms in total. The molecule has 0 spiro atoms. The number of carboxylic acid groups (broad SMARTS) is 4. The molecule has 47 heavy (non-hydrogen) atoms. The zero-order valence-corrected chi connectivity index (χ0v) is 24.5. The van der Waals surface area contributed by atoms with Gasteiger partial charge in [0.25, 0.3) is 5.91 Å². The monoisotopic (exact) mass is 644 g/mol. The Hall–Kier alpha value is -6.41. The first-order valence-corrected chi connectivity index (χ1v) is 13.9. The lowest BCUT2D eigenvalue weighted by molar-refractivity contribution is 0.0680. The largest absolute Gasteiger partial charge is 0.493 e. The summed E-state index contributed by atoms with van der Waals surface area (Å²) >= 11 is 0. The summed E-state index contributed by atoms with van der Waals surface area (Å²) in [4.78, 5) is 63.3. The first-order valence-electron chi connectivity index (χ1n) is 13.9. The van der Waals surface area contributed by atoms with E-state index in [-0.39, 0.29) is 45.8 Å². The van der Waals surface area contributed by atoms with Gasteiger partial charge in [-0.05, 0) is 78.4 Å². The molecule has 242 valence electrons. The number of ether oxygens (including phenoxy) is 2. The van der Waals surface area contributed by atoms with Gasteiger partial charge in [-0.1, -0.05) is 12.1 Å². The normalized spacial score (nSPS) is 10.5. The molecular formula is C33H28N2O12. The lowest BCUT2D eigenvalue weighted by Gasteiger charge is -2.12. The van der Waals surface area contributed by atoms with Crippen molar-refractivity contribution in [1.82, 2.24) is 0 Å². The Morgan fingerprint density at radius 2 is 1.02 bits per heavy atom. The van der Waals surface area contributed by atoms with Gasteiger partial charge in [0.05, 0.1) is 53.4 Å². The second kappa shape index (κ2) is 15.5. The van der Waals surface area contributed by atoms with Crippen LogP contribution in [0.15, 0.2) is 84.9 Å². The van der Waals surface area contributed by atoms with Gasteiger partial charge < -0.3 is 35.2 Å². The topological polar surface area (TPSA) is 218 Å². The van der Waals surface area contributed by atoms with Crippen molar-refractivity contribution >= 4 is 41.2 Å². The molecule has 0 aliphatic rings. The van der Waals surface area contributed by atoms with Gasteiger partial charge >= 0.3 is 23.9 Å². The maximum Gasteiger partial charge on any atom is 0.337 e. The smallest absolute Gasteiger partial charge is 0.337 e. The zero-order valence-electron chi connectivity index (χ0n) is 24.5. The molecule has 0 fully saturated rings. The summed E-state index contributed by atoms with van der Waals surface area (Å²) in [5.41, 5.74) is 2.68. The van der Waals surface area contributed by atoms with Gasteiger partial charge in [-0.2, -0.15) is 0 Å². The van der Waals surface area contributed by atoms with Crippen LogP contribution in [0, 0.1) is 0 Å². The van der Waals surface area contributed by atoms with Gasteiger partial charge in [0.1, 0.15) is 11.5 Å². The molecule has 0 aliphatic carbocycles. The fourth-order valence-corrected chi connectivity index (χ4v) is 4.13. The molecular weight excluding hydrogens is 616 g/mol. The van der Waals surface area contributed by atoms with Crippen molar-refractivity contribution in [3.05, 3.63) is 118 Å². The fourth-order valence-electron chi connectivity index (χ4n) is 4.13. The average molecular weight is 645 g/mol. The standard InChI is InChI=1S/C33H28N2O12/c36-29(34-27-16-21(30(37)38)6-12-25(27)32(41)42)20-4-10-24(11-5-20)46-15-1-14-45-23-8-2-19(3-9-23)18-47-35-28-17-22(31(39)40)7-13-26(28)33(43)44/h2-13,16-17,35H,1,14-15,18H2,(H,34,36)(H,37,38)(H,39,40)(H,41,42)(H,43,44). The van der Waals surface area contributed by atoms with Crippen LogP contribution in [0.25, 0.3) is 0 Å². The number of hydrogen-bond acceptors (Lipinski definition) is 9. The number of rotatable bonds is 16. The van der Waals surface area contributed by atoms with Crippen LogP contribution in [0.2, 0.25) is 0 Å². The van der Waals surface area contributed by atoms with Crippen LogP contribution in [-0.4, -0.2) is 63.4 Å². The van der Waals surface area contributed by atoms with Crippen LogP contribution in [0.1, 0.15) is 63.8 Å². The lowest BCUT2D eigenvalue weighted by Crippen LogP contribution is -2.15. The van der Waals surface area contributed by atoms with Crippen molar-refractivity contribution in [2.75, 3.05) is 24.0 Å². The van der Waals surface area contributed by atoms with Gasteiger partial charge in [-0.25, -0.2) is 19.2 Å². The van der Waals surface area contributed by atoms with Crippen LogP contribution in [0.5, 0.6) is 11.5 Å². The average Bonchev–Trinajstić information content (AvgIpc) is 3.05. The first kappa shape index (κ1) is 33.5. The Kier molecular flexibility index (Phi) is 11.1. The van der Waals surface area contributed by atoms with E-state index in [0.717, 1.165) is 23.8 Å².